The van der Waals surface area contributed by atoms with Crippen LogP contribution in [-0.2, 0) is 19.4 Å². The molecular formula is C23H30O3. The van der Waals surface area contributed by atoms with E-state index in [4.69, 9.17) is 9.47 Å². The Labute approximate surface area is 157 Å². The van der Waals surface area contributed by atoms with Crippen LogP contribution in [0.1, 0.15) is 48.1 Å². The molecule has 2 atom stereocenters. The molecular weight excluding hydrogens is 324 g/mol. The van der Waals surface area contributed by atoms with Gasteiger partial charge in [0.25, 0.3) is 0 Å². The van der Waals surface area contributed by atoms with Gasteiger partial charge in [-0.05, 0) is 62.6 Å². The number of ether oxygens (including phenoxy) is 2. The van der Waals surface area contributed by atoms with Gasteiger partial charge in [-0.25, -0.2) is 0 Å². The van der Waals surface area contributed by atoms with E-state index in [-0.39, 0.29) is 12.7 Å². The molecule has 26 heavy (non-hydrogen) atoms. The van der Waals surface area contributed by atoms with Crippen molar-refractivity contribution < 1.29 is 14.6 Å². The third kappa shape index (κ3) is 3.73. The van der Waals surface area contributed by atoms with Gasteiger partial charge in [-0.3, -0.25) is 0 Å². The van der Waals surface area contributed by atoms with Crippen molar-refractivity contribution in [1.82, 2.24) is 0 Å². The fraction of sp³-hybridized carbons (Fsp3) is 0.478. The van der Waals surface area contributed by atoms with Gasteiger partial charge in [-0.1, -0.05) is 37.3 Å². The topological polar surface area (TPSA) is 38.7 Å². The lowest BCUT2D eigenvalue weighted by atomic mass is 9.85. The molecule has 0 radical (unpaired) electrons. The van der Waals surface area contributed by atoms with E-state index in [2.05, 4.69) is 39.8 Å². The number of hydrogen-bond donors (Lipinski definition) is 1. The Morgan fingerprint density at radius 3 is 2.54 bits per heavy atom. The lowest BCUT2D eigenvalue weighted by Gasteiger charge is -2.33. The molecule has 2 aromatic rings. The highest BCUT2D eigenvalue weighted by Crippen LogP contribution is 2.43. The number of hydrogen-bond acceptors (Lipinski definition) is 3. The maximum Gasteiger partial charge on any atom is 0.126 e. The molecule has 0 bridgehead atoms. The third-order valence-electron chi connectivity index (χ3n) is 5.58. The number of aliphatic hydroxyl groups is 1. The van der Waals surface area contributed by atoms with Gasteiger partial charge < -0.3 is 14.6 Å². The lowest BCUT2D eigenvalue weighted by Crippen LogP contribution is -2.30. The Hall–Kier alpha value is -2.00. The summed E-state index contributed by atoms with van der Waals surface area (Å²) in [5.74, 6) is 2.49. The van der Waals surface area contributed by atoms with Gasteiger partial charge >= 0.3 is 0 Å². The van der Waals surface area contributed by atoms with Gasteiger partial charge in [0.1, 0.15) is 18.1 Å². The summed E-state index contributed by atoms with van der Waals surface area (Å²) in [7, 11) is 0. The van der Waals surface area contributed by atoms with E-state index in [0.29, 0.717) is 12.5 Å². The highest BCUT2D eigenvalue weighted by molar-refractivity contribution is 5.59. The molecule has 0 fully saturated rings. The zero-order chi connectivity index (χ0) is 18.7. The molecule has 1 aliphatic rings. The lowest BCUT2D eigenvalue weighted by molar-refractivity contribution is 0.136. The van der Waals surface area contributed by atoms with Crippen molar-refractivity contribution in [3.05, 3.63) is 58.1 Å². The molecule has 3 heteroatoms. The second-order valence-electron chi connectivity index (χ2n) is 7.47. The second-order valence-corrected chi connectivity index (χ2v) is 7.47. The molecule has 0 aromatic heterocycles. The minimum atomic E-state index is 0.189. The summed E-state index contributed by atoms with van der Waals surface area (Å²) in [6.45, 7) is 9.40. The Bertz CT molecular complexity index is 752. The van der Waals surface area contributed by atoms with Gasteiger partial charge in [0, 0.05) is 17.7 Å². The molecule has 0 spiro atoms. The summed E-state index contributed by atoms with van der Waals surface area (Å²) in [5.41, 5.74) is 5.98. The number of rotatable bonds is 6. The molecule has 1 N–H and O–H groups in total. The smallest absolute Gasteiger partial charge is 0.126 e. The van der Waals surface area contributed by atoms with Gasteiger partial charge in [-0.2, -0.15) is 0 Å². The monoisotopic (exact) mass is 354 g/mol. The van der Waals surface area contributed by atoms with Crippen molar-refractivity contribution in [1.29, 1.82) is 0 Å². The van der Waals surface area contributed by atoms with Crippen LogP contribution < -0.4 is 9.47 Å². The average molecular weight is 354 g/mol. The van der Waals surface area contributed by atoms with E-state index in [9.17, 15) is 5.11 Å². The van der Waals surface area contributed by atoms with Crippen molar-refractivity contribution in [2.75, 3.05) is 6.61 Å². The van der Waals surface area contributed by atoms with Gasteiger partial charge in [0.15, 0.2) is 0 Å². The SMILES string of the molecule is Cc1c(CCCO)c2c(c(C)c1OCc1ccccc1)CC(C)C(C)O2. The van der Waals surface area contributed by atoms with E-state index in [1.54, 1.807) is 0 Å². The zero-order valence-corrected chi connectivity index (χ0v) is 16.3. The van der Waals surface area contributed by atoms with Crippen LogP contribution in [0, 0.1) is 19.8 Å². The first kappa shape index (κ1) is 18.8. The van der Waals surface area contributed by atoms with Crippen LogP contribution in [0.5, 0.6) is 11.5 Å². The van der Waals surface area contributed by atoms with Gasteiger partial charge in [-0.15, -0.1) is 0 Å². The zero-order valence-electron chi connectivity index (χ0n) is 16.3. The minimum Gasteiger partial charge on any atom is -0.490 e. The first-order chi connectivity index (χ1) is 12.5. The molecule has 3 nitrogen and oxygen atoms in total. The highest BCUT2D eigenvalue weighted by atomic mass is 16.5. The number of fused-ring (bicyclic) bond motifs is 1. The van der Waals surface area contributed by atoms with Crippen LogP contribution in [0.3, 0.4) is 0 Å². The predicted molar refractivity (Wildman–Crippen MR) is 105 cm³/mol. The molecule has 2 aromatic carbocycles. The van der Waals surface area contributed by atoms with Crippen LogP contribution in [0.4, 0.5) is 0 Å². The van der Waals surface area contributed by atoms with Crippen molar-refractivity contribution in [3.8, 4) is 11.5 Å². The molecule has 2 unspecified atom stereocenters. The molecule has 0 saturated heterocycles. The van der Waals surface area contributed by atoms with E-state index in [1.807, 2.05) is 18.2 Å². The van der Waals surface area contributed by atoms with E-state index in [0.717, 1.165) is 36.3 Å². The summed E-state index contributed by atoms with van der Waals surface area (Å²) >= 11 is 0. The maximum atomic E-state index is 9.32. The predicted octanol–water partition coefficient (Wildman–Crippen LogP) is 4.77. The van der Waals surface area contributed by atoms with E-state index >= 15 is 0 Å². The van der Waals surface area contributed by atoms with Crippen LogP contribution in [0.25, 0.3) is 0 Å². The van der Waals surface area contributed by atoms with Crippen LogP contribution in [0.2, 0.25) is 0 Å². The summed E-state index contributed by atoms with van der Waals surface area (Å²) in [4.78, 5) is 0. The molecule has 3 rings (SSSR count). The quantitative estimate of drug-likeness (QED) is 0.812. The molecule has 140 valence electrons. The summed E-state index contributed by atoms with van der Waals surface area (Å²) < 4.78 is 12.6. The summed E-state index contributed by atoms with van der Waals surface area (Å²) in [5, 5.41) is 9.32. The van der Waals surface area contributed by atoms with Crippen molar-refractivity contribution in [3.63, 3.8) is 0 Å². The Kier molecular flexibility index (Phi) is 5.87. The molecule has 0 aliphatic carbocycles. The fourth-order valence-corrected chi connectivity index (χ4v) is 3.76. The maximum absolute atomic E-state index is 9.32. The van der Waals surface area contributed by atoms with Crippen LogP contribution in [-0.4, -0.2) is 17.8 Å². The first-order valence-corrected chi connectivity index (χ1v) is 9.62. The Morgan fingerprint density at radius 2 is 1.85 bits per heavy atom. The fourth-order valence-electron chi connectivity index (χ4n) is 3.76. The van der Waals surface area contributed by atoms with Crippen molar-refractivity contribution in [2.24, 2.45) is 5.92 Å². The normalized spacial score (nSPS) is 19.0. The summed E-state index contributed by atoms with van der Waals surface area (Å²) in [6, 6.07) is 10.3. The van der Waals surface area contributed by atoms with Gasteiger partial charge in [0.2, 0.25) is 0 Å². The van der Waals surface area contributed by atoms with Crippen LogP contribution in [0.15, 0.2) is 30.3 Å². The molecule has 1 aliphatic heterocycles. The van der Waals surface area contributed by atoms with Gasteiger partial charge in [0.05, 0.1) is 6.10 Å². The highest BCUT2D eigenvalue weighted by Gasteiger charge is 2.30. The van der Waals surface area contributed by atoms with Crippen LogP contribution >= 0.6 is 0 Å². The number of aliphatic hydroxyl groups excluding tert-OH is 1. The number of benzene rings is 2. The molecule has 0 saturated carbocycles. The average Bonchev–Trinajstić information content (AvgIpc) is 2.64. The van der Waals surface area contributed by atoms with Crippen molar-refractivity contribution in [2.45, 2.75) is 59.7 Å². The molecule has 1 heterocycles. The van der Waals surface area contributed by atoms with Crippen molar-refractivity contribution >= 4 is 0 Å². The summed E-state index contributed by atoms with van der Waals surface area (Å²) in [6.07, 6.45) is 2.77. The van der Waals surface area contributed by atoms with E-state index < -0.39 is 0 Å². The first-order valence-electron chi connectivity index (χ1n) is 9.62. The standard InChI is InChI=1S/C23H30O3/c1-15-13-21-17(3)22(25-14-19-9-6-5-7-10-19)16(2)20(11-8-12-24)23(21)26-18(15)4/h5-7,9-10,15,18,24H,8,11-14H2,1-4H3. The Balaban J connectivity index is 1.99. The minimum absolute atomic E-state index is 0.189. The second kappa shape index (κ2) is 8.13. The third-order valence-corrected chi connectivity index (χ3v) is 5.58. The largest absolute Gasteiger partial charge is 0.490 e. The Morgan fingerprint density at radius 1 is 1.12 bits per heavy atom. The van der Waals surface area contributed by atoms with E-state index in [1.165, 1.54) is 22.3 Å². The molecule has 0 amide bonds.